The van der Waals surface area contributed by atoms with Crippen LogP contribution >= 0.6 is 0 Å². The van der Waals surface area contributed by atoms with Crippen LogP contribution in [0.15, 0.2) is 36.4 Å². The molecule has 0 bridgehead atoms. The highest BCUT2D eigenvalue weighted by molar-refractivity contribution is 6.00. The molecule has 0 aliphatic rings. The molecule has 2 aromatic carbocycles. The lowest BCUT2D eigenvalue weighted by atomic mass is 10.0. The molecule has 92 valence electrons. The van der Waals surface area contributed by atoms with E-state index in [2.05, 4.69) is 5.32 Å². The smallest absolute Gasteiger partial charge is 0.335 e. The molecule has 0 aromatic heterocycles. The van der Waals surface area contributed by atoms with Gasteiger partial charge in [0.2, 0.25) is 0 Å². The number of amides is 1. The van der Waals surface area contributed by atoms with Crippen LogP contribution in [0, 0.1) is 0 Å². The molecular weight excluding hydrogens is 230 g/mol. The number of rotatable bonds is 3. The van der Waals surface area contributed by atoms with E-state index in [1.165, 1.54) is 0 Å². The van der Waals surface area contributed by atoms with E-state index in [1.807, 2.05) is 13.0 Å². The van der Waals surface area contributed by atoms with E-state index >= 15 is 0 Å². The van der Waals surface area contributed by atoms with Crippen molar-refractivity contribution in [3.63, 3.8) is 0 Å². The summed E-state index contributed by atoms with van der Waals surface area (Å²) < 4.78 is 0. The summed E-state index contributed by atoms with van der Waals surface area (Å²) in [5, 5.41) is 13.3. The zero-order chi connectivity index (χ0) is 13.1. The molecular formula is C14H13NO3. The van der Waals surface area contributed by atoms with Crippen LogP contribution in [-0.4, -0.2) is 23.5 Å². The van der Waals surface area contributed by atoms with Gasteiger partial charge in [-0.25, -0.2) is 4.79 Å². The van der Waals surface area contributed by atoms with Crippen molar-refractivity contribution in [2.75, 3.05) is 6.54 Å². The number of hydrogen-bond donors (Lipinski definition) is 2. The summed E-state index contributed by atoms with van der Waals surface area (Å²) in [7, 11) is 0. The minimum absolute atomic E-state index is 0.153. The molecule has 4 nitrogen and oxygen atoms in total. The first-order valence-corrected chi connectivity index (χ1v) is 5.67. The molecule has 0 saturated heterocycles. The number of hydrogen-bond acceptors (Lipinski definition) is 2. The van der Waals surface area contributed by atoms with Crippen molar-refractivity contribution < 1.29 is 14.7 Å². The third-order valence-corrected chi connectivity index (χ3v) is 2.69. The van der Waals surface area contributed by atoms with Crippen LogP contribution in [0.4, 0.5) is 0 Å². The van der Waals surface area contributed by atoms with Crippen molar-refractivity contribution in [2.45, 2.75) is 6.92 Å². The summed E-state index contributed by atoms with van der Waals surface area (Å²) in [5.41, 5.74) is 0.752. The Labute approximate surface area is 104 Å². The molecule has 0 aliphatic carbocycles. The summed E-state index contributed by atoms with van der Waals surface area (Å²) in [4.78, 5) is 22.6. The van der Waals surface area contributed by atoms with Crippen LogP contribution in [0.3, 0.4) is 0 Å². The van der Waals surface area contributed by atoms with Crippen molar-refractivity contribution >= 4 is 22.6 Å². The number of fused-ring (bicyclic) bond motifs is 1. The monoisotopic (exact) mass is 243 g/mol. The summed E-state index contributed by atoms with van der Waals surface area (Å²) in [6.07, 6.45) is 0. The summed E-state index contributed by atoms with van der Waals surface area (Å²) in [6.45, 7) is 2.41. The average molecular weight is 243 g/mol. The maximum atomic E-state index is 11.7. The van der Waals surface area contributed by atoms with Gasteiger partial charge in [-0.15, -0.1) is 0 Å². The number of carboxylic acid groups (broad SMARTS) is 1. The first-order valence-electron chi connectivity index (χ1n) is 5.67. The highest BCUT2D eigenvalue weighted by atomic mass is 16.4. The molecule has 0 heterocycles. The average Bonchev–Trinajstić information content (AvgIpc) is 2.37. The maximum absolute atomic E-state index is 11.7. The Morgan fingerprint density at radius 2 is 1.67 bits per heavy atom. The molecule has 0 aliphatic heterocycles. The predicted octanol–water partition coefficient (Wildman–Crippen LogP) is 2.29. The fraction of sp³-hybridized carbons (Fsp3) is 0.143. The van der Waals surface area contributed by atoms with Crippen molar-refractivity contribution in [2.24, 2.45) is 0 Å². The lowest BCUT2D eigenvalue weighted by Gasteiger charge is -2.05. The van der Waals surface area contributed by atoms with E-state index in [4.69, 9.17) is 5.11 Å². The molecule has 1 amide bonds. The van der Waals surface area contributed by atoms with Gasteiger partial charge in [0, 0.05) is 12.1 Å². The Balaban J connectivity index is 2.48. The lowest BCUT2D eigenvalue weighted by molar-refractivity contribution is 0.0697. The first kappa shape index (κ1) is 12.1. The van der Waals surface area contributed by atoms with Gasteiger partial charge in [-0.1, -0.05) is 12.1 Å². The largest absolute Gasteiger partial charge is 0.478 e. The van der Waals surface area contributed by atoms with Crippen LogP contribution in [0.5, 0.6) is 0 Å². The predicted molar refractivity (Wildman–Crippen MR) is 68.9 cm³/mol. The van der Waals surface area contributed by atoms with E-state index in [0.717, 1.165) is 10.8 Å². The molecule has 0 saturated carbocycles. The van der Waals surface area contributed by atoms with E-state index in [-0.39, 0.29) is 11.5 Å². The zero-order valence-electron chi connectivity index (χ0n) is 9.93. The van der Waals surface area contributed by atoms with Crippen molar-refractivity contribution in [3.05, 3.63) is 47.5 Å². The normalized spacial score (nSPS) is 10.3. The minimum Gasteiger partial charge on any atom is -0.478 e. The van der Waals surface area contributed by atoms with Gasteiger partial charge in [0.15, 0.2) is 0 Å². The summed E-state index contributed by atoms with van der Waals surface area (Å²) in [5.74, 6) is -1.12. The fourth-order valence-electron chi connectivity index (χ4n) is 1.78. The van der Waals surface area contributed by atoms with Crippen LogP contribution in [0.1, 0.15) is 27.6 Å². The number of benzene rings is 2. The standard InChI is InChI=1S/C14H13NO3/c1-2-15-13(16)10-5-3-9-4-6-11(14(17)18)8-12(9)7-10/h3-8H,2H2,1H3,(H,15,16)(H,17,18). The first-order chi connectivity index (χ1) is 8.61. The van der Waals surface area contributed by atoms with Crippen molar-refractivity contribution in [1.82, 2.24) is 5.32 Å². The number of nitrogens with one attached hydrogen (secondary N) is 1. The van der Waals surface area contributed by atoms with Gasteiger partial charge in [0.1, 0.15) is 0 Å². The maximum Gasteiger partial charge on any atom is 0.335 e. The van der Waals surface area contributed by atoms with Crippen molar-refractivity contribution in [1.29, 1.82) is 0 Å². The number of carbonyl (C=O) groups is 2. The quantitative estimate of drug-likeness (QED) is 0.869. The van der Waals surface area contributed by atoms with Gasteiger partial charge in [0.05, 0.1) is 5.56 Å². The Hall–Kier alpha value is -2.36. The van der Waals surface area contributed by atoms with Gasteiger partial charge in [-0.05, 0) is 42.0 Å². The Morgan fingerprint density at radius 3 is 2.28 bits per heavy atom. The SMILES string of the molecule is CCNC(=O)c1ccc2ccc(C(=O)O)cc2c1. The molecule has 0 spiro atoms. The molecule has 0 atom stereocenters. The van der Waals surface area contributed by atoms with E-state index in [9.17, 15) is 9.59 Å². The highest BCUT2D eigenvalue weighted by Crippen LogP contribution is 2.18. The Kier molecular flexibility index (Phi) is 3.28. The van der Waals surface area contributed by atoms with Crippen molar-refractivity contribution in [3.8, 4) is 0 Å². The number of aromatic carboxylic acids is 1. The van der Waals surface area contributed by atoms with Gasteiger partial charge in [-0.2, -0.15) is 0 Å². The second-order valence-electron chi connectivity index (χ2n) is 3.94. The van der Waals surface area contributed by atoms with Crippen LogP contribution in [0.25, 0.3) is 10.8 Å². The number of carbonyl (C=O) groups excluding carboxylic acids is 1. The third kappa shape index (κ3) is 2.32. The van der Waals surface area contributed by atoms with Gasteiger partial charge >= 0.3 is 5.97 Å². The topological polar surface area (TPSA) is 66.4 Å². The molecule has 0 radical (unpaired) electrons. The minimum atomic E-state index is -0.972. The molecule has 2 rings (SSSR count). The van der Waals surface area contributed by atoms with Gasteiger partial charge < -0.3 is 10.4 Å². The molecule has 0 unspecified atom stereocenters. The van der Waals surface area contributed by atoms with E-state index in [1.54, 1.807) is 30.3 Å². The summed E-state index contributed by atoms with van der Waals surface area (Å²) >= 11 is 0. The highest BCUT2D eigenvalue weighted by Gasteiger charge is 2.07. The second kappa shape index (κ2) is 4.87. The summed E-state index contributed by atoms with van der Waals surface area (Å²) in [6, 6.07) is 10.1. The molecule has 2 N–H and O–H groups in total. The van der Waals surface area contributed by atoms with Gasteiger partial charge in [0.25, 0.3) is 5.91 Å². The molecule has 2 aromatic rings. The number of carboxylic acids is 1. The van der Waals surface area contributed by atoms with Crippen LogP contribution in [-0.2, 0) is 0 Å². The van der Waals surface area contributed by atoms with Crippen LogP contribution in [0.2, 0.25) is 0 Å². The Morgan fingerprint density at radius 1 is 1.06 bits per heavy atom. The van der Waals surface area contributed by atoms with E-state index in [0.29, 0.717) is 12.1 Å². The van der Waals surface area contributed by atoms with Crippen LogP contribution < -0.4 is 5.32 Å². The Bertz CT molecular complexity index is 619. The molecule has 18 heavy (non-hydrogen) atoms. The third-order valence-electron chi connectivity index (χ3n) is 2.69. The molecule has 0 fully saturated rings. The second-order valence-corrected chi connectivity index (χ2v) is 3.94. The fourth-order valence-corrected chi connectivity index (χ4v) is 1.78. The zero-order valence-corrected chi connectivity index (χ0v) is 9.93. The van der Waals surface area contributed by atoms with Gasteiger partial charge in [-0.3, -0.25) is 4.79 Å². The van der Waals surface area contributed by atoms with E-state index < -0.39 is 5.97 Å². The molecule has 4 heteroatoms. The lowest BCUT2D eigenvalue weighted by Crippen LogP contribution is -2.22.